The van der Waals surface area contributed by atoms with Gasteiger partial charge in [0, 0.05) is 24.8 Å². The van der Waals surface area contributed by atoms with Gasteiger partial charge in [0.1, 0.15) is 6.04 Å². The molecule has 1 saturated heterocycles. The van der Waals surface area contributed by atoms with Gasteiger partial charge in [-0.1, -0.05) is 6.07 Å². The number of morpholine rings is 1. The number of nitrogens with zero attached hydrogens (tertiary/aromatic N) is 2. The molecule has 0 bridgehead atoms. The van der Waals surface area contributed by atoms with Crippen LogP contribution in [0.4, 0.5) is 11.4 Å². The lowest BCUT2D eigenvalue weighted by Crippen LogP contribution is -2.53. The van der Waals surface area contributed by atoms with Gasteiger partial charge in [0.2, 0.25) is 5.91 Å². The Morgan fingerprint density at radius 3 is 2.85 bits per heavy atom. The Morgan fingerprint density at radius 1 is 1.40 bits per heavy atom. The number of likely N-dealkylation sites (N-methyl/N-ethyl adjacent to an activating group) is 1. The Balaban J connectivity index is 2.00. The van der Waals surface area contributed by atoms with E-state index >= 15 is 0 Å². The minimum atomic E-state index is -0.526. The van der Waals surface area contributed by atoms with Crippen molar-refractivity contribution in [2.24, 2.45) is 5.73 Å². The van der Waals surface area contributed by atoms with Crippen molar-refractivity contribution in [2.45, 2.75) is 25.4 Å². The molecule has 0 radical (unpaired) electrons. The number of anilines is 2. The highest BCUT2D eigenvalue weighted by Crippen LogP contribution is 2.38. The Labute approximate surface area is 119 Å². The minimum absolute atomic E-state index is 0.0432. The molecule has 20 heavy (non-hydrogen) atoms. The first-order valence-corrected chi connectivity index (χ1v) is 6.94. The molecule has 3 rings (SSSR count). The molecule has 108 valence electrons. The van der Waals surface area contributed by atoms with Gasteiger partial charge in [-0.05, 0) is 26.0 Å². The molecule has 1 fully saturated rings. The van der Waals surface area contributed by atoms with Crippen molar-refractivity contribution in [1.29, 1.82) is 0 Å². The molecule has 5 heteroatoms. The number of nitrogens with two attached hydrogens (primary N) is 1. The van der Waals surface area contributed by atoms with Crippen LogP contribution in [0.5, 0.6) is 0 Å². The highest BCUT2D eigenvalue weighted by atomic mass is 16.5. The van der Waals surface area contributed by atoms with Gasteiger partial charge in [-0.25, -0.2) is 0 Å². The first-order valence-electron chi connectivity index (χ1n) is 6.94. The van der Waals surface area contributed by atoms with E-state index in [1.54, 1.807) is 11.9 Å². The van der Waals surface area contributed by atoms with Crippen molar-refractivity contribution in [3.8, 4) is 0 Å². The van der Waals surface area contributed by atoms with E-state index in [0.29, 0.717) is 6.61 Å². The predicted molar refractivity (Wildman–Crippen MR) is 79.0 cm³/mol. The van der Waals surface area contributed by atoms with Crippen LogP contribution < -0.4 is 15.5 Å². The maximum absolute atomic E-state index is 11.9. The van der Waals surface area contributed by atoms with Crippen LogP contribution in [0.3, 0.4) is 0 Å². The maximum atomic E-state index is 11.9. The fourth-order valence-electron chi connectivity index (χ4n) is 3.05. The molecule has 0 aromatic heterocycles. The van der Waals surface area contributed by atoms with Crippen molar-refractivity contribution in [3.63, 3.8) is 0 Å². The average molecular weight is 275 g/mol. The summed E-state index contributed by atoms with van der Waals surface area (Å²) in [6, 6.07) is 5.56. The summed E-state index contributed by atoms with van der Waals surface area (Å²) in [6.45, 7) is 6.63. The van der Waals surface area contributed by atoms with E-state index in [0.717, 1.165) is 30.1 Å². The van der Waals surface area contributed by atoms with Crippen LogP contribution in [0.1, 0.15) is 25.5 Å². The van der Waals surface area contributed by atoms with Gasteiger partial charge >= 0.3 is 0 Å². The van der Waals surface area contributed by atoms with Crippen molar-refractivity contribution >= 4 is 17.3 Å². The molecular formula is C15H21N3O2. The van der Waals surface area contributed by atoms with Crippen LogP contribution in [0.15, 0.2) is 18.2 Å². The second-order valence-electron chi connectivity index (χ2n) is 6.13. The Kier molecular flexibility index (Phi) is 2.99. The molecule has 0 saturated carbocycles. The summed E-state index contributed by atoms with van der Waals surface area (Å²) in [5.41, 5.74) is 8.84. The highest BCUT2D eigenvalue weighted by molar-refractivity contribution is 6.04. The fourth-order valence-corrected chi connectivity index (χ4v) is 3.05. The summed E-state index contributed by atoms with van der Waals surface area (Å²) in [5, 5.41) is 0. The van der Waals surface area contributed by atoms with Gasteiger partial charge in [-0.3, -0.25) is 4.79 Å². The topological polar surface area (TPSA) is 58.8 Å². The largest absolute Gasteiger partial charge is 0.377 e. The first-order chi connectivity index (χ1) is 9.42. The van der Waals surface area contributed by atoms with Crippen LogP contribution in [0.25, 0.3) is 0 Å². The van der Waals surface area contributed by atoms with Crippen LogP contribution in [0, 0.1) is 0 Å². The van der Waals surface area contributed by atoms with E-state index in [1.165, 1.54) is 0 Å². The molecule has 1 amide bonds. The summed E-state index contributed by atoms with van der Waals surface area (Å²) in [6.07, 6.45) is 0. The van der Waals surface area contributed by atoms with E-state index in [9.17, 15) is 4.79 Å². The summed E-state index contributed by atoms with van der Waals surface area (Å²) in [4.78, 5) is 15.9. The molecular weight excluding hydrogens is 254 g/mol. The molecule has 2 aliphatic heterocycles. The normalized spacial score (nSPS) is 25.0. The van der Waals surface area contributed by atoms with Crippen LogP contribution >= 0.6 is 0 Å². The second-order valence-corrected chi connectivity index (χ2v) is 6.13. The molecule has 5 nitrogen and oxygen atoms in total. The summed E-state index contributed by atoms with van der Waals surface area (Å²) in [5.74, 6) is -0.0432. The number of hydrogen-bond donors (Lipinski definition) is 1. The van der Waals surface area contributed by atoms with E-state index in [2.05, 4.69) is 30.9 Å². The third kappa shape index (κ3) is 1.89. The summed E-state index contributed by atoms with van der Waals surface area (Å²) >= 11 is 0. The number of carbonyl (C=O) groups excluding carboxylic acids is 1. The molecule has 0 spiro atoms. The van der Waals surface area contributed by atoms with Crippen molar-refractivity contribution in [1.82, 2.24) is 0 Å². The third-order valence-electron chi connectivity index (χ3n) is 4.26. The van der Waals surface area contributed by atoms with Gasteiger partial charge in [-0.15, -0.1) is 0 Å². The smallest absolute Gasteiger partial charge is 0.248 e. The zero-order chi connectivity index (χ0) is 14.5. The Morgan fingerprint density at radius 2 is 2.15 bits per heavy atom. The number of rotatable bonds is 1. The van der Waals surface area contributed by atoms with Crippen molar-refractivity contribution in [3.05, 3.63) is 23.8 Å². The van der Waals surface area contributed by atoms with Gasteiger partial charge in [0.25, 0.3) is 0 Å². The minimum Gasteiger partial charge on any atom is -0.377 e. The number of ether oxygens (including phenoxy) is 1. The molecule has 1 atom stereocenters. The molecule has 2 heterocycles. The Hall–Kier alpha value is -1.59. The van der Waals surface area contributed by atoms with Gasteiger partial charge in [-0.2, -0.15) is 0 Å². The van der Waals surface area contributed by atoms with E-state index in [-0.39, 0.29) is 11.4 Å². The predicted octanol–water partition coefficient (Wildman–Crippen LogP) is 1.28. The lowest BCUT2D eigenvalue weighted by Gasteiger charge is -2.44. The lowest BCUT2D eigenvalue weighted by molar-refractivity contribution is -0.118. The van der Waals surface area contributed by atoms with E-state index < -0.39 is 6.04 Å². The molecule has 2 N–H and O–H groups in total. The van der Waals surface area contributed by atoms with Crippen LogP contribution in [0.2, 0.25) is 0 Å². The zero-order valence-electron chi connectivity index (χ0n) is 12.2. The van der Waals surface area contributed by atoms with Gasteiger partial charge < -0.3 is 20.3 Å². The lowest BCUT2D eigenvalue weighted by atomic mass is 10.00. The quantitative estimate of drug-likeness (QED) is 0.838. The zero-order valence-corrected chi connectivity index (χ0v) is 12.2. The average Bonchev–Trinajstić information content (AvgIpc) is 2.63. The highest BCUT2D eigenvalue weighted by Gasteiger charge is 2.35. The van der Waals surface area contributed by atoms with Crippen molar-refractivity contribution in [2.75, 3.05) is 36.6 Å². The summed E-state index contributed by atoms with van der Waals surface area (Å²) < 4.78 is 5.56. The SMILES string of the molecule is CN1C(=O)C(N)c2ccc(N3CCOCC3(C)C)cc21. The number of amides is 1. The number of fused-ring (bicyclic) bond motifs is 1. The number of carbonyl (C=O) groups is 1. The van der Waals surface area contributed by atoms with Gasteiger partial charge in [0.15, 0.2) is 0 Å². The van der Waals surface area contributed by atoms with Crippen molar-refractivity contribution < 1.29 is 9.53 Å². The maximum Gasteiger partial charge on any atom is 0.248 e. The molecule has 1 aromatic carbocycles. The standard InChI is InChI=1S/C15H21N3O2/c1-15(2)9-20-7-6-18(15)10-4-5-11-12(8-10)17(3)14(19)13(11)16/h4-5,8,13H,6-7,9,16H2,1-3H3. The second kappa shape index (κ2) is 4.46. The Bertz CT molecular complexity index is 556. The molecule has 0 aliphatic carbocycles. The third-order valence-corrected chi connectivity index (χ3v) is 4.26. The molecule has 2 aliphatic rings. The molecule has 1 aromatic rings. The number of benzene rings is 1. The summed E-state index contributed by atoms with van der Waals surface area (Å²) in [7, 11) is 1.78. The number of hydrogen-bond acceptors (Lipinski definition) is 4. The van der Waals surface area contributed by atoms with E-state index in [4.69, 9.17) is 10.5 Å². The molecule has 1 unspecified atom stereocenters. The van der Waals surface area contributed by atoms with E-state index in [1.807, 2.05) is 6.07 Å². The fraction of sp³-hybridized carbons (Fsp3) is 0.533. The van der Waals surface area contributed by atoms with Gasteiger partial charge in [0.05, 0.1) is 24.4 Å². The van der Waals surface area contributed by atoms with Crippen LogP contribution in [-0.2, 0) is 9.53 Å². The first kappa shape index (κ1) is 13.4. The monoisotopic (exact) mass is 275 g/mol. The van der Waals surface area contributed by atoms with Crippen LogP contribution in [-0.4, -0.2) is 38.3 Å².